The van der Waals surface area contributed by atoms with E-state index in [4.69, 9.17) is 0 Å². The molecule has 1 saturated carbocycles. The molecule has 31 heavy (non-hydrogen) atoms. The van der Waals surface area contributed by atoms with Gasteiger partial charge in [0.25, 0.3) is 5.69 Å². The largest absolute Gasteiger partial charge is 0.326 e. The van der Waals surface area contributed by atoms with Crippen molar-refractivity contribution in [3.05, 3.63) is 64.0 Å². The number of nitrogens with zero attached hydrogens (tertiary/aromatic N) is 2. The first-order valence-electron chi connectivity index (χ1n) is 9.52. The SMILES string of the molecule is O=C(CSc1cccc(NC(=O)C2CC2)c1)Nc1nc(-c2cccc([N+](=O)[O-])c2)cs1. The summed E-state index contributed by atoms with van der Waals surface area (Å²) >= 11 is 2.62. The molecule has 2 amide bonds. The predicted octanol–water partition coefficient (Wildman–Crippen LogP) is 4.80. The Bertz CT molecular complexity index is 1140. The van der Waals surface area contributed by atoms with Gasteiger partial charge in [-0.2, -0.15) is 0 Å². The Morgan fingerprint density at radius 3 is 2.74 bits per heavy atom. The molecule has 1 aliphatic carbocycles. The topological polar surface area (TPSA) is 114 Å². The molecular formula is C21H18N4O4S2. The first-order chi connectivity index (χ1) is 15.0. The number of carbonyl (C=O) groups excluding carboxylic acids is 2. The number of hydrogen-bond acceptors (Lipinski definition) is 7. The second kappa shape index (κ2) is 9.27. The Morgan fingerprint density at radius 2 is 1.97 bits per heavy atom. The van der Waals surface area contributed by atoms with Crippen LogP contribution in [0.4, 0.5) is 16.5 Å². The fourth-order valence-corrected chi connectivity index (χ4v) is 4.29. The number of carbonyl (C=O) groups is 2. The number of nitro groups is 1. The van der Waals surface area contributed by atoms with Crippen molar-refractivity contribution >= 4 is 51.4 Å². The van der Waals surface area contributed by atoms with Gasteiger partial charge in [0.1, 0.15) is 0 Å². The Balaban J connectivity index is 1.32. The molecule has 0 unspecified atom stereocenters. The van der Waals surface area contributed by atoms with Gasteiger partial charge in [-0.05, 0) is 31.0 Å². The molecule has 0 spiro atoms. The van der Waals surface area contributed by atoms with Crippen molar-refractivity contribution < 1.29 is 14.5 Å². The third-order valence-electron chi connectivity index (χ3n) is 4.52. The van der Waals surface area contributed by atoms with Crippen molar-refractivity contribution in [2.75, 3.05) is 16.4 Å². The van der Waals surface area contributed by atoms with Crippen LogP contribution in [0.2, 0.25) is 0 Å². The molecular weight excluding hydrogens is 436 g/mol. The quantitative estimate of drug-likeness (QED) is 0.287. The number of anilines is 2. The molecule has 0 radical (unpaired) electrons. The van der Waals surface area contributed by atoms with Crippen molar-refractivity contribution in [2.45, 2.75) is 17.7 Å². The lowest BCUT2D eigenvalue weighted by Crippen LogP contribution is -2.14. The van der Waals surface area contributed by atoms with Crippen molar-refractivity contribution in [1.29, 1.82) is 0 Å². The van der Waals surface area contributed by atoms with Crippen LogP contribution in [0.25, 0.3) is 11.3 Å². The maximum atomic E-state index is 12.3. The van der Waals surface area contributed by atoms with Gasteiger partial charge in [0.05, 0.1) is 16.4 Å². The first-order valence-corrected chi connectivity index (χ1v) is 11.4. The summed E-state index contributed by atoms with van der Waals surface area (Å²) in [7, 11) is 0. The smallest absolute Gasteiger partial charge is 0.270 e. The highest BCUT2D eigenvalue weighted by Crippen LogP contribution is 2.31. The molecule has 0 atom stereocenters. The van der Waals surface area contributed by atoms with Gasteiger partial charge < -0.3 is 10.6 Å². The lowest BCUT2D eigenvalue weighted by Gasteiger charge is -2.07. The summed E-state index contributed by atoms with van der Waals surface area (Å²) in [4.78, 5) is 39.9. The van der Waals surface area contributed by atoms with E-state index in [1.807, 2.05) is 24.3 Å². The summed E-state index contributed by atoms with van der Waals surface area (Å²) in [6.45, 7) is 0. The predicted molar refractivity (Wildman–Crippen MR) is 121 cm³/mol. The first kappa shape index (κ1) is 21.0. The zero-order valence-corrected chi connectivity index (χ0v) is 17.9. The van der Waals surface area contributed by atoms with Crippen LogP contribution < -0.4 is 10.6 Å². The molecule has 2 N–H and O–H groups in total. The van der Waals surface area contributed by atoms with Crippen molar-refractivity contribution in [3.8, 4) is 11.3 Å². The monoisotopic (exact) mass is 454 g/mol. The fraction of sp³-hybridized carbons (Fsp3) is 0.190. The molecule has 1 aromatic heterocycles. The Labute approximate surface area is 186 Å². The van der Waals surface area contributed by atoms with E-state index in [2.05, 4.69) is 15.6 Å². The second-order valence-corrected chi connectivity index (χ2v) is 8.88. The number of thioether (sulfide) groups is 1. The van der Waals surface area contributed by atoms with E-state index in [1.54, 1.807) is 17.5 Å². The van der Waals surface area contributed by atoms with Gasteiger partial charge in [0.15, 0.2) is 5.13 Å². The summed E-state index contributed by atoms with van der Waals surface area (Å²) in [5, 5.41) is 18.8. The van der Waals surface area contributed by atoms with E-state index < -0.39 is 4.92 Å². The minimum atomic E-state index is -0.456. The second-order valence-electron chi connectivity index (χ2n) is 6.97. The zero-order valence-electron chi connectivity index (χ0n) is 16.2. The van der Waals surface area contributed by atoms with Crippen LogP contribution in [0.1, 0.15) is 12.8 Å². The van der Waals surface area contributed by atoms with Crippen LogP contribution >= 0.6 is 23.1 Å². The van der Waals surface area contributed by atoms with E-state index in [1.165, 1.54) is 35.2 Å². The average Bonchev–Trinajstić information content (AvgIpc) is 3.52. The number of amides is 2. The Morgan fingerprint density at radius 1 is 1.16 bits per heavy atom. The number of benzene rings is 2. The van der Waals surface area contributed by atoms with Crippen LogP contribution in [0, 0.1) is 16.0 Å². The summed E-state index contributed by atoms with van der Waals surface area (Å²) in [6, 6.07) is 13.6. The lowest BCUT2D eigenvalue weighted by atomic mass is 10.1. The summed E-state index contributed by atoms with van der Waals surface area (Å²) in [6.07, 6.45) is 1.89. The number of thiazole rings is 1. The lowest BCUT2D eigenvalue weighted by molar-refractivity contribution is -0.384. The van der Waals surface area contributed by atoms with Crippen molar-refractivity contribution in [3.63, 3.8) is 0 Å². The van der Waals surface area contributed by atoms with Gasteiger partial charge >= 0.3 is 0 Å². The number of non-ortho nitro benzene ring substituents is 1. The minimum absolute atomic E-state index is 0.0111. The van der Waals surface area contributed by atoms with Crippen molar-refractivity contribution in [1.82, 2.24) is 4.98 Å². The van der Waals surface area contributed by atoms with Crippen LogP contribution in [0.5, 0.6) is 0 Å². The van der Waals surface area contributed by atoms with E-state index in [9.17, 15) is 19.7 Å². The van der Waals surface area contributed by atoms with Gasteiger partial charge in [-0.3, -0.25) is 19.7 Å². The molecule has 2 aromatic carbocycles. The standard InChI is InChI=1S/C21H18N4O4S2/c26-19(12-30-17-6-2-4-15(10-17)22-20(27)13-7-8-13)24-21-23-18(11-31-21)14-3-1-5-16(9-14)25(28)29/h1-6,9-11,13H,7-8,12H2,(H,22,27)(H,23,24,26). The van der Waals surface area contributed by atoms with Gasteiger partial charge in [-0.1, -0.05) is 18.2 Å². The van der Waals surface area contributed by atoms with Crippen molar-refractivity contribution in [2.24, 2.45) is 5.92 Å². The Kier molecular flexibility index (Phi) is 6.28. The average molecular weight is 455 g/mol. The maximum Gasteiger partial charge on any atom is 0.270 e. The molecule has 4 rings (SSSR count). The molecule has 8 nitrogen and oxygen atoms in total. The maximum absolute atomic E-state index is 12.3. The Hall–Kier alpha value is -3.24. The molecule has 0 saturated heterocycles. The highest BCUT2D eigenvalue weighted by molar-refractivity contribution is 8.00. The summed E-state index contributed by atoms with van der Waals surface area (Å²) in [5.74, 6) is 0.152. The molecule has 1 heterocycles. The normalized spacial score (nSPS) is 12.9. The van der Waals surface area contributed by atoms with E-state index in [0.29, 0.717) is 16.4 Å². The molecule has 1 fully saturated rings. The number of nitrogens with one attached hydrogen (secondary N) is 2. The van der Waals surface area contributed by atoms with E-state index in [0.717, 1.165) is 23.4 Å². The van der Waals surface area contributed by atoms with Crippen LogP contribution in [-0.4, -0.2) is 27.5 Å². The third kappa shape index (κ3) is 5.68. The molecule has 0 aliphatic heterocycles. The molecule has 10 heteroatoms. The number of rotatable bonds is 8. The van der Waals surface area contributed by atoms with Gasteiger partial charge in [-0.15, -0.1) is 23.1 Å². The van der Waals surface area contributed by atoms with Gasteiger partial charge in [-0.25, -0.2) is 4.98 Å². The molecule has 1 aliphatic rings. The van der Waals surface area contributed by atoms with Crippen LogP contribution in [-0.2, 0) is 9.59 Å². The van der Waals surface area contributed by atoms with Gasteiger partial charge in [0, 0.05) is 39.6 Å². The summed E-state index contributed by atoms with van der Waals surface area (Å²) in [5.41, 5.74) is 1.90. The number of aromatic nitrogens is 1. The highest BCUT2D eigenvalue weighted by Gasteiger charge is 2.29. The van der Waals surface area contributed by atoms with Gasteiger partial charge in [0.2, 0.25) is 11.8 Å². The van der Waals surface area contributed by atoms with Crippen LogP contribution in [0.15, 0.2) is 58.8 Å². The number of hydrogen-bond donors (Lipinski definition) is 2. The summed E-state index contributed by atoms with van der Waals surface area (Å²) < 4.78 is 0. The fourth-order valence-electron chi connectivity index (χ4n) is 2.80. The highest BCUT2D eigenvalue weighted by atomic mass is 32.2. The minimum Gasteiger partial charge on any atom is -0.326 e. The molecule has 0 bridgehead atoms. The zero-order chi connectivity index (χ0) is 21.8. The molecule has 158 valence electrons. The molecule has 3 aromatic rings. The van der Waals surface area contributed by atoms with E-state index >= 15 is 0 Å². The van der Waals surface area contributed by atoms with Crippen LogP contribution in [0.3, 0.4) is 0 Å². The van der Waals surface area contributed by atoms with E-state index in [-0.39, 0.29) is 29.2 Å². The number of nitro benzene ring substituents is 1. The third-order valence-corrected chi connectivity index (χ3v) is 6.27.